The molecule has 1 saturated heterocycles. The van der Waals surface area contributed by atoms with Crippen molar-refractivity contribution in [2.45, 2.75) is 64.0 Å². The lowest BCUT2D eigenvalue weighted by Crippen LogP contribution is -2.61. The van der Waals surface area contributed by atoms with Gasteiger partial charge in [-0.3, -0.25) is 9.89 Å². The first-order chi connectivity index (χ1) is 14.6. The lowest BCUT2D eigenvalue weighted by Gasteiger charge is -2.46. The van der Waals surface area contributed by atoms with E-state index in [1.807, 2.05) is 6.07 Å². The van der Waals surface area contributed by atoms with Gasteiger partial charge >= 0.3 is 0 Å². The minimum Gasteiger partial charge on any atom is -0.496 e. The van der Waals surface area contributed by atoms with Crippen LogP contribution in [0.4, 0.5) is 0 Å². The molecular formula is C24H34N4O2. The minimum absolute atomic E-state index is 0.120. The van der Waals surface area contributed by atoms with Gasteiger partial charge in [-0.25, -0.2) is 0 Å². The summed E-state index contributed by atoms with van der Waals surface area (Å²) in [6, 6.07) is 6.76. The van der Waals surface area contributed by atoms with Crippen molar-refractivity contribution in [3.8, 4) is 5.75 Å². The van der Waals surface area contributed by atoms with E-state index in [0.29, 0.717) is 12.6 Å². The molecule has 2 aliphatic carbocycles. The van der Waals surface area contributed by atoms with E-state index >= 15 is 0 Å². The van der Waals surface area contributed by atoms with Crippen molar-refractivity contribution in [1.29, 1.82) is 0 Å². The van der Waals surface area contributed by atoms with Crippen LogP contribution in [0, 0.1) is 18.8 Å². The number of benzene rings is 1. The predicted molar refractivity (Wildman–Crippen MR) is 118 cm³/mol. The summed E-state index contributed by atoms with van der Waals surface area (Å²) >= 11 is 0. The van der Waals surface area contributed by atoms with Gasteiger partial charge in [0.05, 0.1) is 19.8 Å². The van der Waals surface area contributed by atoms with Crippen LogP contribution in [-0.4, -0.2) is 59.4 Å². The zero-order chi connectivity index (χ0) is 20.7. The highest BCUT2D eigenvalue weighted by atomic mass is 16.5. The average molecular weight is 411 g/mol. The Morgan fingerprint density at radius 1 is 1.17 bits per heavy atom. The van der Waals surface area contributed by atoms with Gasteiger partial charge in [0.25, 0.3) is 0 Å². The SMILES string of the molecule is COc1ccc(CN=C2C=CN(C3CCC(O)CC3)C(N3CC4CC4C3)N2)cc1C. The first kappa shape index (κ1) is 19.9. The summed E-state index contributed by atoms with van der Waals surface area (Å²) in [7, 11) is 1.71. The first-order valence-electron chi connectivity index (χ1n) is 11.4. The van der Waals surface area contributed by atoms with Crippen LogP contribution in [0.1, 0.15) is 43.2 Å². The number of methoxy groups -OCH3 is 1. The molecule has 1 aromatic carbocycles. The Morgan fingerprint density at radius 3 is 2.63 bits per heavy atom. The minimum atomic E-state index is -0.120. The molecule has 2 heterocycles. The molecule has 0 amide bonds. The number of ether oxygens (including phenoxy) is 1. The lowest BCUT2D eigenvalue weighted by atomic mass is 9.92. The van der Waals surface area contributed by atoms with Crippen LogP contribution >= 0.6 is 0 Å². The maximum absolute atomic E-state index is 9.93. The van der Waals surface area contributed by atoms with Crippen molar-refractivity contribution >= 4 is 5.84 Å². The Kier molecular flexibility index (Phi) is 5.46. The maximum Gasteiger partial charge on any atom is 0.159 e. The second-order valence-corrected chi connectivity index (χ2v) is 9.46. The molecule has 5 rings (SSSR count). The molecule has 2 N–H and O–H groups in total. The predicted octanol–water partition coefficient (Wildman–Crippen LogP) is 2.86. The number of aryl methyl sites for hydroxylation is 1. The van der Waals surface area contributed by atoms with Gasteiger partial charge < -0.3 is 20.1 Å². The average Bonchev–Trinajstić information content (AvgIpc) is 3.37. The normalized spacial score (nSPS) is 34.7. The molecule has 0 bridgehead atoms. The summed E-state index contributed by atoms with van der Waals surface area (Å²) in [5, 5.41) is 13.7. The highest BCUT2D eigenvalue weighted by molar-refractivity contribution is 5.93. The van der Waals surface area contributed by atoms with Gasteiger partial charge in [0.15, 0.2) is 6.29 Å². The summed E-state index contributed by atoms with van der Waals surface area (Å²) < 4.78 is 5.37. The number of aliphatic imine (C=N–C) groups is 1. The second kappa shape index (κ2) is 8.23. The Balaban J connectivity index is 1.31. The van der Waals surface area contributed by atoms with Gasteiger partial charge in [-0.1, -0.05) is 12.1 Å². The van der Waals surface area contributed by atoms with E-state index in [1.54, 1.807) is 7.11 Å². The number of piperidine rings is 1. The molecule has 1 aromatic rings. The summed E-state index contributed by atoms with van der Waals surface area (Å²) in [5.41, 5.74) is 2.33. The van der Waals surface area contributed by atoms with E-state index in [9.17, 15) is 5.11 Å². The fraction of sp³-hybridized carbons (Fsp3) is 0.625. The van der Waals surface area contributed by atoms with Gasteiger partial charge in [0.1, 0.15) is 11.6 Å². The van der Waals surface area contributed by atoms with Crippen LogP contribution < -0.4 is 10.1 Å². The van der Waals surface area contributed by atoms with Crippen molar-refractivity contribution in [2.75, 3.05) is 20.2 Å². The van der Waals surface area contributed by atoms with E-state index in [1.165, 1.54) is 25.1 Å². The van der Waals surface area contributed by atoms with Gasteiger partial charge in [-0.15, -0.1) is 0 Å². The smallest absolute Gasteiger partial charge is 0.159 e. The highest BCUT2D eigenvalue weighted by Crippen LogP contribution is 2.46. The van der Waals surface area contributed by atoms with E-state index in [0.717, 1.165) is 54.7 Å². The highest BCUT2D eigenvalue weighted by Gasteiger charge is 2.48. The number of aliphatic hydroxyl groups excluding tert-OH is 1. The van der Waals surface area contributed by atoms with Gasteiger partial charge in [-0.2, -0.15) is 0 Å². The Hall–Kier alpha value is -2.05. The molecule has 2 aliphatic heterocycles. The quantitative estimate of drug-likeness (QED) is 0.782. The molecule has 3 atom stereocenters. The molecule has 0 spiro atoms. The van der Waals surface area contributed by atoms with Crippen LogP contribution in [0.3, 0.4) is 0 Å². The van der Waals surface area contributed by atoms with Crippen molar-refractivity contribution in [1.82, 2.24) is 15.1 Å². The third-order valence-electron chi connectivity index (χ3n) is 7.30. The summed E-state index contributed by atoms with van der Waals surface area (Å²) in [6.07, 6.45) is 9.76. The fourth-order valence-corrected chi connectivity index (χ4v) is 5.40. The number of nitrogens with one attached hydrogen (secondary N) is 1. The molecule has 0 radical (unpaired) electrons. The number of hydrogen-bond donors (Lipinski definition) is 2. The molecule has 3 unspecified atom stereocenters. The number of likely N-dealkylation sites (tertiary alicyclic amines) is 1. The van der Waals surface area contributed by atoms with Crippen LogP contribution in [0.2, 0.25) is 0 Å². The number of hydrogen-bond acceptors (Lipinski definition) is 5. The van der Waals surface area contributed by atoms with Crippen molar-refractivity contribution in [2.24, 2.45) is 16.8 Å². The molecule has 0 aromatic heterocycles. The molecule has 3 fully saturated rings. The fourth-order valence-electron chi connectivity index (χ4n) is 5.40. The maximum atomic E-state index is 9.93. The number of rotatable bonds is 5. The van der Waals surface area contributed by atoms with Crippen molar-refractivity contribution in [3.05, 3.63) is 41.6 Å². The lowest BCUT2D eigenvalue weighted by molar-refractivity contribution is 0.0123. The molecule has 6 heteroatoms. The van der Waals surface area contributed by atoms with Crippen LogP contribution in [0.5, 0.6) is 5.75 Å². The van der Waals surface area contributed by atoms with Crippen molar-refractivity contribution < 1.29 is 9.84 Å². The molecule has 2 saturated carbocycles. The number of fused-ring (bicyclic) bond motifs is 1. The molecule has 4 aliphatic rings. The first-order valence-corrected chi connectivity index (χ1v) is 11.4. The molecule has 6 nitrogen and oxygen atoms in total. The van der Waals surface area contributed by atoms with Crippen molar-refractivity contribution in [3.63, 3.8) is 0 Å². The molecule has 162 valence electrons. The van der Waals surface area contributed by atoms with Gasteiger partial charge in [0, 0.05) is 25.3 Å². The topological polar surface area (TPSA) is 60.3 Å². The Morgan fingerprint density at radius 2 is 1.93 bits per heavy atom. The Bertz CT molecular complexity index is 820. The van der Waals surface area contributed by atoms with E-state index in [-0.39, 0.29) is 12.4 Å². The third kappa shape index (κ3) is 4.08. The van der Waals surface area contributed by atoms with E-state index in [2.05, 4.69) is 46.4 Å². The van der Waals surface area contributed by atoms with Crippen LogP contribution in [0.25, 0.3) is 0 Å². The number of nitrogens with zero attached hydrogens (tertiary/aromatic N) is 3. The van der Waals surface area contributed by atoms with Crippen LogP contribution in [0.15, 0.2) is 35.5 Å². The second-order valence-electron chi connectivity index (χ2n) is 9.46. The van der Waals surface area contributed by atoms with E-state index < -0.39 is 0 Å². The van der Waals surface area contributed by atoms with Crippen LogP contribution in [-0.2, 0) is 6.54 Å². The third-order valence-corrected chi connectivity index (χ3v) is 7.30. The summed E-state index contributed by atoms with van der Waals surface area (Å²) in [4.78, 5) is 9.97. The zero-order valence-electron chi connectivity index (χ0n) is 18.1. The molecular weight excluding hydrogens is 376 g/mol. The van der Waals surface area contributed by atoms with Gasteiger partial charge in [-0.05, 0) is 74.1 Å². The summed E-state index contributed by atoms with van der Waals surface area (Å²) in [5.74, 6) is 3.68. The number of aliphatic hydroxyl groups is 1. The largest absolute Gasteiger partial charge is 0.496 e. The Labute approximate surface area is 179 Å². The zero-order valence-corrected chi connectivity index (χ0v) is 18.1. The monoisotopic (exact) mass is 410 g/mol. The van der Waals surface area contributed by atoms with E-state index in [4.69, 9.17) is 9.73 Å². The molecule has 30 heavy (non-hydrogen) atoms. The standard InChI is InChI=1S/C24H34N4O2/c1-16-11-17(3-8-22(16)30-2)13-25-23-9-10-28(20-4-6-21(29)7-5-20)24(26-23)27-14-18-12-19(18)15-27/h3,8-11,18-21,24,29H,4-7,12-15H2,1-2H3,(H,25,26). The number of amidine groups is 1. The summed E-state index contributed by atoms with van der Waals surface area (Å²) in [6.45, 7) is 5.10. The van der Waals surface area contributed by atoms with Gasteiger partial charge in [0.2, 0.25) is 0 Å².